The number of aromatic carboxylic acids is 2. The number of esters is 2. The fraction of sp³-hybridized carbons (Fsp3) is 0.243. The molecule has 0 atom stereocenters. The van der Waals surface area contributed by atoms with Crippen LogP contribution in [0.25, 0.3) is 22.3 Å². The topological polar surface area (TPSA) is 207 Å². The Morgan fingerprint density at radius 3 is 1.46 bits per heavy atom. The highest BCUT2D eigenvalue weighted by molar-refractivity contribution is 5.99. The van der Waals surface area contributed by atoms with Crippen molar-refractivity contribution in [3.05, 3.63) is 91.0 Å². The van der Waals surface area contributed by atoms with Crippen molar-refractivity contribution >= 4 is 36.2 Å². The molecule has 274 valence electrons. The number of unbranched alkanes of at least 4 members (excludes halogenated alkanes) is 2. The zero-order valence-corrected chi connectivity index (χ0v) is 28.1. The molecule has 15 nitrogen and oxygen atoms in total. The minimum atomic E-state index is -1.28. The molecule has 3 aromatic carbocycles. The van der Waals surface area contributed by atoms with Crippen molar-refractivity contribution in [2.24, 2.45) is 0 Å². The fourth-order valence-electron chi connectivity index (χ4n) is 4.52. The molecule has 3 aromatic rings. The van der Waals surface area contributed by atoms with Gasteiger partial charge in [-0.2, -0.15) is 0 Å². The Balaban J connectivity index is 1.78. The van der Waals surface area contributed by atoms with Crippen LogP contribution in [-0.4, -0.2) is 79.9 Å². The van der Waals surface area contributed by atoms with E-state index in [2.05, 4.69) is 13.2 Å². The molecule has 0 spiro atoms. The maximum atomic E-state index is 12.3. The molecule has 0 unspecified atom stereocenters. The third kappa shape index (κ3) is 12.0. The van der Waals surface area contributed by atoms with Gasteiger partial charge in [0.2, 0.25) is 0 Å². The van der Waals surface area contributed by atoms with E-state index in [-0.39, 0.29) is 71.5 Å². The first-order chi connectivity index (χ1) is 25.0. The van der Waals surface area contributed by atoms with Gasteiger partial charge in [-0.15, -0.1) is 0 Å². The van der Waals surface area contributed by atoms with Gasteiger partial charge in [-0.1, -0.05) is 25.3 Å². The van der Waals surface area contributed by atoms with Crippen LogP contribution in [-0.2, 0) is 28.5 Å². The number of carboxylic acid groups (broad SMARTS) is 2. The summed E-state index contributed by atoms with van der Waals surface area (Å²) in [6.45, 7) is 6.79. The number of carbonyl (C=O) groups excluding carboxylic acids is 4. The Bertz CT molecular complexity index is 1810. The first-order valence-electron chi connectivity index (χ1n) is 15.7. The lowest BCUT2D eigenvalue weighted by atomic mass is 9.93. The van der Waals surface area contributed by atoms with E-state index in [1.807, 2.05) is 0 Å². The van der Waals surface area contributed by atoms with Crippen molar-refractivity contribution in [3.8, 4) is 39.5 Å². The Morgan fingerprint density at radius 1 is 0.577 bits per heavy atom. The van der Waals surface area contributed by atoms with Gasteiger partial charge in [0.15, 0.2) is 0 Å². The van der Waals surface area contributed by atoms with E-state index in [0.29, 0.717) is 31.2 Å². The molecule has 0 fully saturated rings. The van der Waals surface area contributed by atoms with Crippen molar-refractivity contribution in [1.29, 1.82) is 0 Å². The molecule has 2 N–H and O–H groups in total. The summed E-state index contributed by atoms with van der Waals surface area (Å²) >= 11 is 0. The number of hydrogen-bond acceptors (Lipinski definition) is 13. The highest BCUT2D eigenvalue weighted by Crippen LogP contribution is 2.39. The summed E-state index contributed by atoms with van der Waals surface area (Å²) in [5.74, 6) is -3.59. The first-order valence-corrected chi connectivity index (χ1v) is 15.7. The Kier molecular flexibility index (Phi) is 15.4. The molecule has 0 aromatic heterocycles. The summed E-state index contributed by atoms with van der Waals surface area (Å²) in [6, 6.07) is 12.2. The third-order valence-electron chi connectivity index (χ3n) is 6.99. The summed E-state index contributed by atoms with van der Waals surface area (Å²) in [6.07, 6.45) is 1.62. The monoisotopic (exact) mass is 720 g/mol. The van der Waals surface area contributed by atoms with Crippen LogP contribution >= 0.6 is 0 Å². The molecule has 0 aliphatic heterocycles. The highest BCUT2D eigenvalue weighted by atomic mass is 16.7. The normalized spacial score (nSPS) is 10.2. The molecule has 0 bridgehead atoms. The average molecular weight is 721 g/mol. The predicted octanol–water partition coefficient (Wildman–Crippen LogP) is 6.48. The number of rotatable bonds is 19. The van der Waals surface area contributed by atoms with E-state index in [0.717, 1.165) is 12.2 Å². The second-order valence-corrected chi connectivity index (χ2v) is 10.5. The van der Waals surface area contributed by atoms with Gasteiger partial charge in [0, 0.05) is 23.3 Å². The molecule has 0 aliphatic rings. The molecule has 0 saturated heterocycles. The number of hydrogen-bond donors (Lipinski definition) is 2. The zero-order chi connectivity index (χ0) is 38.0. The van der Waals surface area contributed by atoms with Crippen LogP contribution < -0.4 is 14.2 Å². The Morgan fingerprint density at radius 2 is 1.02 bits per heavy atom. The van der Waals surface area contributed by atoms with Crippen molar-refractivity contribution in [2.75, 3.05) is 33.5 Å². The van der Waals surface area contributed by atoms with E-state index in [4.69, 9.17) is 33.2 Å². The van der Waals surface area contributed by atoms with Gasteiger partial charge in [0.1, 0.15) is 17.2 Å². The van der Waals surface area contributed by atoms with Crippen molar-refractivity contribution in [3.63, 3.8) is 0 Å². The van der Waals surface area contributed by atoms with E-state index < -0.39 is 36.2 Å². The number of carbonyl (C=O) groups is 6. The number of ether oxygens (including phenoxy) is 7. The highest BCUT2D eigenvalue weighted by Gasteiger charge is 2.21. The molecule has 3 rings (SSSR count). The van der Waals surface area contributed by atoms with Gasteiger partial charge < -0.3 is 43.4 Å². The molecule has 0 aliphatic carbocycles. The van der Waals surface area contributed by atoms with Gasteiger partial charge in [-0.25, -0.2) is 28.8 Å². The average Bonchev–Trinajstić information content (AvgIpc) is 3.13. The van der Waals surface area contributed by atoms with Gasteiger partial charge in [0.05, 0.1) is 44.7 Å². The van der Waals surface area contributed by atoms with Crippen molar-refractivity contribution < 1.29 is 72.1 Å². The maximum absolute atomic E-state index is 12.3. The summed E-state index contributed by atoms with van der Waals surface area (Å²) < 4.78 is 35.9. The van der Waals surface area contributed by atoms with E-state index in [9.17, 15) is 39.0 Å². The molecule has 15 heteroatoms. The van der Waals surface area contributed by atoms with Crippen LogP contribution in [0.3, 0.4) is 0 Å². The molecule has 0 radical (unpaired) electrons. The Hall–Kier alpha value is -6.64. The summed E-state index contributed by atoms with van der Waals surface area (Å²) in [7, 11) is 1.33. The SMILES string of the molecule is C=CC(=O)OCCCCOC(=O)Oc1ccc(C(=O)O)c(-c2ccc(-c3cc(OC(=O)OCCCCOC(=O)C=C)ccc3C(=O)O)c(OC)c2)c1. The van der Waals surface area contributed by atoms with Crippen LogP contribution in [0.4, 0.5) is 9.59 Å². The van der Waals surface area contributed by atoms with Crippen LogP contribution in [0.15, 0.2) is 79.9 Å². The van der Waals surface area contributed by atoms with Gasteiger partial charge in [-0.05, 0) is 79.3 Å². The lowest BCUT2D eigenvalue weighted by Gasteiger charge is -2.16. The number of benzene rings is 3. The molecule has 0 amide bonds. The van der Waals surface area contributed by atoms with Crippen molar-refractivity contribution in [2.45, 2.75) is 25.7 Å². The molecule has 52 heavy (non-hydrogen) atoms. The van der Waals surface area contributed by atoms with Gasteiger partial charge >= 0.3 is 36.2 Å². The van der Waals surface area contributed by atoms with Crippen molar-refractivity contribution in [1.82, 2.24) is 0 Å². The largest absolute Gasteiger partial charge is 0.513 e. The quantitative estimate of drug-likeness (QED) is 0.0447. The lowest BCUT2D eigenvalue weighted by Crippen LogP contribution is -2.12. The van der Waals surface area contributed by atoms with Gasteiger partial charge in [-0.3, -0.25) is 0 Å². The number of carboxylic acids is 2. The fourth-order valence-corrected chi connectivity index (χ4v) is 4.52. The molecular weight excluding hydrogens is 684 g/mol. The second-order valence-electron chi connectivity index (χ2n) is 10.5. The van der Waals surface area contributed by atoms with Crippen LogP contribution in [0.5, 0.6) is 17.2 Å². The van der Waals surface area contributed by atoms with E-state index in [1.54, 1.807) is 0 Å². The minimum absolute atomic E-state index is 0.0195. The second kappa shape index (κ2) is 20.1. The maximum Gasteiger partial charge on any atom is 0.513 e. The van der Waals surface area contributed by atoms with Crippen LogP contribution in [0, 0.1) is 0 Å². The summed E-state index contributed by atoms with van der Waals surface area (Å²) in [4.78, 5) is 71.0. The smallest absolute Gasteiger partial charge is 0.496 e. The zero-order valence-electron chi connectivity index (χ0n) is 28.1. The van der Waals surface area contributed by atoms with Crippen LogP contribution in [0.1, 0.15) is 46.4 Å². The van der Waals surface area contributed by atoms with E-state index >= 15 is 0 Å². The first kappa shape index (κ1) is 39.8. The summed E-state index contributed by atoms with van der Waals surface area (Å²) in [5, 5.41) is 19.8. The molecular formula is C37H36O15. The lowest BCUT2D eigenvalue weighted by molar-refractivity contribution is -0.138. The standard InChI is InChI=1S/C37H36O15/c1-4-32(38)47-16-6-8-18-49-36(44)51-24-11-14-27(34(40)41)29(21-24)23-10-13-26(31(20-23)46-3)30-22-25(12-15-28(30)35(42)43)52-37(45)50-19-9-7-17-48-33(39)5-2/h4-5,10-15,20-22H,1-2,6-9,16-19H2,3H3,(H,40,41)(H,42,43). The third-order valence-corrected chi connectivity index (χ3v) is 6.99. The number of methoxy groups -OCH3 is 1. The van der Waals surface area contributed by atoms with E-state index in [1.165, 1.54) is 61.7 Å². The van der Waals surface area contributed by atoms with Crippen LogP contribution in [0.2, 0.25) is 0 Å². The predicted molar refractivity (Wildman–Crippen MR) is 183 cm³/mol. The minimum Gasteiger partial charge on any atom is -0.496 e. The molecule has 0 saturated carbocycles. The van der Waals surface area contributed by atoms with Gasteiger partial charge in [0.25, 0.3) is 0 Å². The summed E-state index contributed by atoms with van der Waals surface area (Å²) in [5.41, 5.74) is 0.550. The molecule has 0 heterocycles. The Labute approximate surface area is 297 Å².